The number of methoxy groups -OCH3 is 1. The minimum absolute atomic E-state index is 0.592. The average Bonchev–Trinajstić information content (AvgIpc) is 2.52. The first-order valence-electron chi connectivity index (χ1n) is 6.95. The van der Waals surface area contributed by atoms with Crippen molar-refractivity contribution in [2.45, 2.75) is 6.42 Å². The molecule has 1 heterocycles. The van der Waals surface area contributed by atoms with Crippen LogP contribution in [0, 0.1) is 0 Å². The first kappa shape index (κ1) is 14.5. The summed E-state index contributed by atoms with van der Waals surface area (Å²) in [5, 5.41) is 3.57. The molecule has 0 atom stereocenters. The Bertz CT molecular complexity index is 447. The maximum Gasteiger partial charge on any atom is 0.119 e. The monoisotopic (exact) mass is 275 g/mol. The summed E-state index contributed by atoms with van der Waals surface area (Å²) in [7, 11) is 1.68. The number of hydrogen-bond donors (Lipinski definition) is 0. The molecular weight excluding hydrogens is 254 g/mol. The maximum absolute atomic E-state index is 8.23. The SMILES string of the molecule is COc1ccc(N2CCN(CCCN=[N+]=[N-])CC2)cc1. The smallest absolute Gasteiger partial charge is 0.119 e. The number of ether oxygens (including phenoxy) is 1. The highest BCUT2D eigenvalue weighted by molar-refractivity contribution is 5.49. The molecule has 0 aliphatic carbocycles. The molecule has 0 spiro atoms. The molecule has 1 saturated heterocycles. The summed E-state index contributed by atoms with van der Waals surface area (Å²) in [6, 6.07) is 8.22. The van der Waals surface area contributed by atoms with Crippen LogP contribution in [-0.4, -0.2) is 51.3 Å². The molecular formula is C14H21N5O. The fourth-order valence-corrected chi connectivity index (χ4v) is 2.43. The Morgan fingerprint density at radius 2 is 1.90 bits per heavy atom. The van der Waals surface area contributed by atoms with Gasteiger partial charge in [-0.3, -0.25) is 4.90 Å². The molecule has 1 aliphatic rings. The number of nitrogens with zero attached hydrogens (tertiary/aromatic N) is 5. The second-order valence-electron chi connectivity index (χ2n) is 4.83. The van der Waals surface area contributed by atoms with Gasteiger partial charge in [0.2, 0.25) is 0 Å². The van der Waals surface area contributed by atoms with E-state index in [1.165, 1.54) is 5.69 Å². The highest BCUT2D eigenvalue weighted by atomic mass is 16.5. The van der Waals surface area contributed by atoms with Gasteiger partial charge in [-0.2, -0.15) is 0 Å². The van der Waals surface area contributed by atoms with Crippen LogP contribution in [0.25, 0.3) is 10.4 Å². The van der Waals surface area contributed by atoms with Gasteiger partial charge in [0.1, 0.15) is 5.75 Å². The van der Waals surface area contributed by atoms with Gasteiger partial charge in [0.15, 0.2) is 0 Å². The van der Waals surface area contributed by atoms with Crippen LogP contribution < -0.4 is 9.64 Å². The second-order valence-corrected chi connectivity index (χ2v) is 4.83. The standard InChI is InChI=1S/C14H21N5O/c1-20-14-5-3-13(4-6-14)19-11-9-18(10-12-19)8-2-7-16-17-15/h3-6H,2,7-12H2,1H3. The molecule has 0 aromatic heterocycles. The first-order chi connectivity index (χ1) is 9.83. The third-order valence-electron chi connectivity index (χ3n) is 3.61. The van der Waals surface area contributed by atoms with Crippen molar-refractivity contribution >= 4 is 5.69 Å². The van der Waals surface area contributed by atoms with E-state index in [4.69, 9.17) is 10.3 Å². The van der Waals surface area contributed by atoms with E-state index in [9.17, 15) is 0 Å². The van der Waals surface area contributed by atoms with Gasteiger partial charge in [0, 0.05) is 43.3 Å². The van der Waals surface area contributed by atoms with E-state index in [1.54, 1.807) is 7.11 Å². The van der Waals surface area contributed by atoms with Gasteiger partial charge in [0.05, 0.1) is 7.11 Å². The minimum Gasteiger partial charge on any atom is -0.497 e. The third kappa shape index (κ3) is 4.05. The van der Waals surface area contributed by atoms with Crippen molar-refractivity contribution in [2.24, 2.45) is 5.11 Å². The number of azide groups is 1. The predicted octanol–water partition coefficient (Wildman–Crippen LogP) is 2.52. The van der Waals surface area contributed by atoms with Gasteiger partial charge in [-0.05, 0) is 42.8 Å². The topological polar surface area (TPSA) is 64.5 Å². The molecule has 0 bridgehead atoms. The second kappa shape index (κ2) is 7.62. The van der Waals surface area contributed by atoms with Crippen LogP contribution >= 0.6 is 0 Å². The molecule has 0 N–H and O–H groups in total. The van der Waals surface area contributed by atoms with Crippen molar-refractivity contribution < 1.29 is 4.74 Å². The normalized spacial score (nSPS) is 15.8. The number of rotatable bonds is 6. The molecule has 2 rings (SSSR count). The number of piperazine rings is 1. The molecule has 0 unspecified atom stereocenters. The van der Waals surface area contributed by atoms with Crippen LogP contribution in [0.3, 0.4) is 0 Å². The summed E-state index contributed by atoms with van der Waals surface area (Å²) in [6.45, 7) is 5.79. The van der Waals surface area contributed by atoms with E-state index in [1.807, 2.05) is 12.1 Å². The Kier molecular flexibility index (Phi) is 5.53. The predicted molar refractivity (Wildman–Crippen MR) is 80.3 cm³/mol. The van der Waals surface area contributed by atoms with Crippen LogP contribution in [0.15, 0.2) is 29.4 Å². The fraction of sp³-hybridized carbons (Fsp3) is 0.571. The number of benzene rings is 1. The zero-order valence-electron chi connectivity index (χ0n) is 11.9. The molecule has 1 fully saturated rings. The molecule has 1 aromatic carbocycles. The van der Waals surface area contributed by atoms with E-state index in [-0.39, 0.29) is 0 Å². The minimum atomic E-state index is 0.592. The summed E-state index contributed by atoms with van der Waals surface area (Å²) >= 11 is 0. The Labute approximate surface area is 119 Å². The summed E-state index contributed by atoms with van der Waals surface area (Å²) in [5.74, 6) is 0.894. The highest BCUT2D eigenvalue weighted by Crippen LogP contribution is 2.20. The van der Waals surface area contributed by atoms with E-state index >= 15 is 0 Å². The molecule has 0 amide bonds. The zero-order chi connectivity index (χ0) is 14.2. The molecule has 108 valence electrons. The average molecular weight is 275 g/mol. The van der Waals surface area contributed by atoms with Gasteiger partial charge in [-0.15, -0.1) is 0 Å². The molecule has 1 aliphatic heterocycles. The van der Waals surface area contributed by atoms with E-state index in [2.05, 4.69) is 32.0 Å². The molecule has 6 nitrogen and oxygen atoms in total. The number of anilines is 1. The Morgan fingerprint density at radius 1 is 1.20 bits per heavy atom. The number of hydrogen-bond acceptors (Lipinski definition) is 4. The van der Waals surface area contributed by atoms with Crippen molar-refractivity contribution in [2.75, 3.05) is 51.3 Å². The Morgan fingerprint density at radius 3 is 2.50 bits per heavy atom. The lowest BCUT2D eigenvalue weighted by Gasteiger charge is -2.36. The van der Waals surface area contributed by atoms with E-state index in [0.717, 1.165) is 44.9 Å². The maximum atomic E-state index is 8.23. The van der Waals surface area contributed by atoms with Crippen molar-refractivity contribution in [3.8, 4) is 5.75 Å². The molecule has 1 aromatic rings. The fourth-order valence-electron chi connectivity index (χ4n) is 2.43. The zero-order valence-corrected chi connectivity index (χ0v) is 11.9. The lowest BCUT2D eigenvalue weighted by molar-refractivity contribution is 0.256. The molecule has 6 heteroatoms. The first-order valence-corrected chi connectivity index (χ1v) is 6.95. The largest absolute Gasteiger partial charge is 0.497 e. The lowest BCUT2D eigenvalue weighted by Crippen LogP contribution is -2.46. The Balaban J connectivity index is 1.76. The van der Waals surface area contributed by atoms with Crippen molar-refractivity contribution in [1.82, 2.24) is 4.90 Å². The molecule has 0 radical (unpaired) electrons. The van der Waals surface area contributed by atoms with Crippen molar-refractivity contribution in [3.05, 3.63) is 34.7 Å². The summed E-state index contributed by atoms with van der Waals surface area (Å²) in [6.07, 6.45) is 0.937. The summed E-state index contributed by atoms with van der Waals surface area (Å²) in [5.41, 5.74) is 9.48. The van der Waals surface area contributed by atoms with Crippen LogP contribution in [0.1, 0.15) is 6.42 Å². The van der Waals surface area contributed by atoms with Crippen molar-refractivity contribution in [1.29, 1.82) is 0 Å². The summed E-state index contributed by atoms with van der Waals surface area (Å²) in [4.78, 5) is 7.59. The van der Waals surface area contributed by atoms with E-state index < -0.39 is 0 Å². The molecule has 0 saturated carbocycles. The van der Waals surface area contributed by atoms with Crippen LogP contribution in [0.2, 0.25) is 0 Å². The van der Waals surface area contributed by atoms with Gasteiger partial charge in [0.25, 0.3) is 0 Å². The van der Waals surface area contributed by atoms with Crippen molar-refractivity contribution in [3.63, 3.8) is 0 Å². The van der Waals surface area contributed by atoms with Gasteiger partial charge >= 0.3 is 0 Å². The van der Waals surface area contributed by atoms with Crippen LogP contribution in [0.5, 0.6) is 5.75 Å². The van der Waals surface area contributed by atoms with Crippen LogP contribution in [0.4, 0.5) is 5.69 Å². The van der Waals surface area contributed by atoms with E-state index in [0.29, 0.717) is 6.54 Å². The van der Waals surface area contributed by atoms with Gasteiger partial charge in [-0.1, -0.05) is 5.11 Å². The third-order valence-corrected chi connectivity index (χ3v) is 3.61. The highest BCUT2D eigenvalue weighted by Gasteiger charge is 2.16. The lowest BCUT2D eigenvalue weighted by atomic mass is 10.2. The van der Waals surface area contributed by atoms with Crippen LogP contribution in [-0.2, 0) is 0 Å². The van der Waals surface area contributed by atoms with Gasteiger partial charge < -0.3 is 9.64 Å². The summed E-state index contributed by atoms with van der Waals surface area (Å²) < 4.78 is 5.18. The molecule has 20 heavy (non-hydrogen) atoms. The van der Waals surface area contributed by atoms with Gasteiger partial charge in [-0.25, -0.2) is 0 Å². The Hall–Kier alpha value is -1.91. The quantitative estimate of drug-likeness (QED) is 0.347.